The molecule has 1 saturated carbocycles. The maximum absolute atomic E-state index is 10.4. The van der Waals surface area contributed by atoms with Gasteiger partial charge in [-0.2, -0.15) is 0 Å². The monoisotopic (exact) mass is 349 g/mol. The van der Waals surface area contributed by atoms with E-state index in [0.29, 0.717) is 22.6 Å². The van der Waals surface area contributed by atoms with Crippen LogP contribution in [0, 0.1) is 5.41 Å². The zero-order valence-corrected chi connectivity index (χ0v) is 14.2. The molecule has 1 aliphatic heterocycles. The van der Waals surface area contributed by atoms with Crippen LogP contribution in [0.3, 0.4) is 0 Å². The molecule has 0 unspecified atom stereocenters. The topological polar surface area (TPSA) is 85.1 Å². The molecule has 0 amide bonds. The summed E-state index contributed by atoms with van der Waals surface area (Å²) in [6.07, 6.45) is 10.9. The van der Waals surface area contributed by atoms with Crippen LogP contribution in [-0.2, 0) is 0 Å². The Bertz CT molecular complexity index is 912. The second kappa shape index (κ2) is 5.81. The lowest BCUT2D eigenvalue weighted by Crippen LogP contribution is -2.62. The van der Waals surface area contributed by atoms with E-state index in [9.17, 15) is 5.11 Å². The summed E-state index contributed by atoms with van der Waals surface area (Å²) in [5, 5.41) is 13.7. The molecule has 1 aromatic carbocycles. The van der Waals surface area contributed by atoms with Crippen LogP contribution >= 0.6 is 0 Å². The Morgan fingerprint density at radius 2 is 2.08 bits per heavy atom. The van der Waals surface area contributed by atoms with Crippen LogP contribution in [0.5, 0.6) is 11.6 Å². The zero-order valence-electron chi connectivity index (χ0n) is 14.2. The fraction of sp³-hybridized carbons (Fsp3) is 0.316. The molecule has 1 aliphatic carbocycles. The molecule has 0 bridgehead atoms. The van der Waals surface area contributed by atoms with E-state index in [1.165, 1.54) is 0 Å². The number of benzene rings is 1. The van der Waals surface area contributed by atoms with E-state index in [4.69, 9.17) is 4.74 Å². The van der Waals surface area contributed by atoms with Gasteiger partial charge in [0, 0.05) is 42.5 Å². The molecule has 2 aromatic heterocycles. The van der Waals surface area contributed by atoms with Gasteiger partial charge in [0.25, 0.3) is 0 Å². The number of nitrogens with zero attached hydrogens (tertiary/aromatic N) is 4. The number of hydrogen-bond acceptors (Lipinski definition) is 6. The Balaban J connectivity index is 1.29. The number of imidazole rings is 1. The van der Waals surface area contributed by atoms with E-state index < -0.39 is 0 Å². The van der Waals surface area contributed by atoms with Gasteiger partial charge in [0.1, 0.15) is 11.9 Å². The summed E-state index contributed by atoms with van der Waals surface area (Å²) in [6.45, 7) is 2.21. The molecule has 1 saturated heterocycles. The molecule has 1 spiro atoms. The molecule has 5 rings (SSSR count). The first-order valence-electron chi connectivity index (χ1n) is 8.72. The van der Waals surface area contributed by atoms with Crippen LogP contribution < -0.4 is 10.1 Å². The minimum atomic E-state index is 0.151. The third-order valence-corrected chi connectivity index (χ3v) is 5.30. The van der Waals surface area contributed by atoms with Gasteiger partial charge in [-0.25, -0.2) is 15.0 Å². The molecule has 26 heavy (non-hydrogen) atoms. The molecule has 0 radical (unpaired) electrons. The predicted molar refractivity (Wildman–Crippen MR) is 95.2 cm³/mol. The van der Waals surface area contributed by atoms with E-state index in [-0.39, 0.29) is 11.9 Å². The summed E-state index contributed by atoms with van der Waals surface area (Å²) < 4.78 is 7.72. The Kier molecular flexibility index (Phi) is 3.43. The predicted octanol–water partition coefficient (Wildman–Crippen LogP) is 2.17. The third-order valence-electron chi connectivity index (χ3n) is 5.30. The van der Waals surface area contributed by atoms with Crippen molar-refractivity contribution >= 4 is 0 Å². The van der Waals surface area contributed by atoms with Crippen molar-refractivity contribution < 1.29 is 9.84 Å². The van der Waals surface area contributed by atoms with E-state index >= 15 is 0 Å². The van der Waals surface area contributed by atoms with Gasteiger partial charge in [-0.05, 0) is 25.0 Å². The molecular weight excluding hydrogens is 330 g/mol. The molecular formula is C19H19N5O2. The average molecular weight is 349 g/mol. The number of phenols is 1. The first-order chi connectivity index (χ1) is 12.7. The van der Waals surface area contributed by atoms with Crippen LogP contribution in [0.25, 0.3) is 16.9 Å². The quantitative estimate of drug-likeness (QED) is 0.751. The van der Waals surface area contributed by atoms with Crippen molar-refractivity contribution in [1.82, 2.24) is 24.8 Å². The van der Waals surface area contributed by atoms with Crippen molar-refractivity contribution in [2.24, 2.45) is 5.41 Å². The molecule has 2 N–H and O–H groups in total. The minimum absolute atomic E-state index is 0.151. The van der Waals surface area contributed by atoms with Crippen molar-refractivity contribution in [3.63, 3.8) is 0 Å². The lowest BCUT2D eigenvalue weighted by molar-refractivity contribution is -0.0514. The maximum atomic E-state index is 10.4. The summed E-state index contributed by atoms with van der Waals surface area (Å²) in [5.74, 6) is 0.688. The molecule has 3 aromatic rings. The highest BCUT2D eigenvalue weighted by molar-refractivity contribution is 5.68. The first kappa shape index (κ1) is 15.3. The van der Waals surface area contributed by atoms with Gasteiger partial charge in [-0.15, -0.1) is 0 Å². The lowest BCUT2D eigenvalue weighted by atomic mass is 9.63. The van der Waals surface area contributed by atoms with E-state index in [1.54, 1.807) is 31.0 Å². The molecule has 7 nitrogen and oxygen atoms in total. The smallest absolute Gasteiger partial charge is 0.232 e. The second-order valence-electron chi connectivity index (χ2n) is 7.16. The highest BCUT2D eigenvalue weighted by Crippen LogP contribution is 2.45. The first-order valence-corrected chi connectivity index (χ1v) is 8.72. The maximum Gasteiger partial charge on any atom is 0.232 e. The van der Waals surface area contributed by atoms with Crippen molar-refractivity contribution in [3.8, 4) is 28.6 Å². The van der Waals surface area contributed by atoms with Crippen LogP contribution in [0.2, 0.25) is 0 Å². The number of rotatable bonds is 4. The summed E-state index contributed by atoms with van der Waals surface area (Å²) in [5.41, 5.74) is 2.55. The molecule has 0 atom stereocenters. The lowest BCUT2D eigenvalue weighted by Gasteiger charge is -2.53. The molecule has 2 fully saturated rings. The number of ether oxygens (including phenoxy) is 1. The summed E-state index contributed by atoms with van der Waals surface area (Å²) in [7, 11) is 0. The standard InChI is InChI=1S/C19H19N5O2/c25-17-5-13(24-4-3-20-12-24)1-2-15(17)16-8-23-18(9-22-16)26-14-6-19(7-14)10-21-11-19/h1-5,8-9,12,14,21,25H,6-7,10-11H2. The Hall–Kier alpha value is -2.93. The van der Waals surface area contributed by atoms with E-state index in [0.717, 1.165) is 31.6 Å². The fourth-order valence-corrected chi connectivity index (χ4v) is 3.75. The second-order valence-corrected chi connectivity index (χ2v) is 7.16. The van der Waals surface area contributed by atoms with Gasteiger partial charge >= 0.3 is 0 Å². The fourth-order valence-electron chi connectivity index (χ4n) is 3.75. The number of aromatic nitrogens is 4. The van der Waals surface area contributed by atoms with Crippen molar-refractivity contribution in [2.75, 3.05) is 13.1 Å². The Morgan fingerprint density at radius 3 is 2.69 bits per heavy atom. The van der Waals surface area contributed by atoms with Crippen molar-refractivity contribution in [2.45, 2.75) is 18.9 Å². The number of aromatic hydroxyl groups is 1. The van der Waals surface area contributed by atoms with Crippen LogP contribution in [0.4, 0.5) is 0 Å². The highest BCUT2D eigenvalue weighted by Gasteiger charge is 2.49. The third kappa shape index (κ3) is 2.61. The number of hydrogen-bond donors (Lipinski definition) is 2. The summed E-state index contributed by atoms with van der Waals surface area (Å²) in [4.78, 5) is 12.8. The van der Waals surface area contributed by atoms with Gasteiger partial charge in [0.15, 0.2) is 0 Å². The number of nitrogens with one attached hydrogen (secondary N) is 1. The van der Waals surface area contributed by atoms with Gasteiger partial charge in [0.2, 0.25) is 5.88 Å². The molecule has 2 aliphatic rings. The summed E-state index contributed by atoms with van der Waals surface area (Å²) >= 11 is 0. The van der Waals surface area contributed by atoms with E-state index in [2.05, 4.69) is 20.3 Å². The van der Waals surface area contributed by atoms with Crippen LogP contribution in [-0.4, -0.2) is 43.8 Å². The van der Waals surface area contributed by atoms with Gasteiger partial charge in [-0.3, -0.25) is 0 Å². The normalized spacial score (nSPS) is 18.3. The van der Waals surface area contributed by atoms with Gasteiger partial charge < -0.3 is 19.7 Å². The summed E-state index contributed by atoms with van der Waals surface area (Å²) in [6, 6.07) is 5.42. The van der Waals surface area contributed by atoms with Gasteiger partial charge in [0.05, 0.1) is 30.1 Å². The largest absolute Gasteiger partial charge is 0.507 e. The van der Waals surface area contributed by atoms with E-state index in [1.807, 2.05) is 22.9 Å². The van der Waals surface area contributed by atoms with Crippen LogP contribution in [0.1, 0.15) is 12.8 Å². The SMILES string of the molecule is Oc1cc(-n2ccnc2)ccc1-c1cnc(OC2CC3(CNC3)C2)cn1. The average Bonchev–Trinajstić information content (AvgIpc) is 3.11. The van der Waals surface area contributed by atoms with Crippen LogP contribution in [0.15, 0.2) is 49.3 Å². The zero-order chi connectivity index (χ0) is 17.6. The van der Waals surface area contributed by atoms with Gasteiger partial charge in [-0.1, -0.05) is 0 Å². The minimum Gasteiger partial charge on any atom is -0.507 e. The van der Waals surface area contributed by atoms with Crippen molar-refractivity contribution in [3.05, 3.63) is 49.3 Å². The highest BCUT2D eigenvalue weighted by atomic mass is 16.5. The Morgan fingerprint density at radius 1 is 1.19 bits per heavy atom. The number of phenolic OH excluding ortho intramolecular Hbond substituents is 1. The van der Waals surface area contributed by atoms with Crippen molar-refractivity contribution in [1.29, 1.82) is 0 Å². The molecule has 7 heteroatoms. The Labute approximate surface area is 150 Å². The molecule has 132 valence electrons. The molecule has 3 heterocycles.